The van der Waals surface area contributed by atoms with E-state index >= 15 is 0 Å². The first-order chi connectivity index (χ1) is 14.4. The SMILES string of the molecule is CCC(C)C1NN=C(c2nc(-c3ccc(Cl)cc3Cl)n(-c3ccc(Cl)cc3)c2C)S1. The Morgan fingerprint density at radius 3 is 2.47 bits per heavy atom. The summed E-state index contributed by atoms with van der Waals surface area (Å²) >= 11 is 20.5. The molecule has 2 atom stereocenters. The van der Waals surface area contributed by atoms with Gasteiger partial charge in [-0.1, -0.05) is 66.8 Å². The lowest BCUT2D eigenvalue weighted by molar-refractivity contribution is 0.484. The van der Waals surface area contributed by atoms with Crippen LogP contribution in [0.3, 0.4) is 0 Å². The highest BCUT2D eigenvalue weighted by molar-refractivity contribution is 8.15. The highest BCUT2D eigenvalue weighted by atomic mass is 35.5. The normalized spacial score (nSPS) is 17.0. The van der Waals surface area contributed by atoms with Crippen LogP contribution in [0.4, 0.5) is 0 Å². The van der Waals surface area contributed by atoms with Crippen molar-refractivity contribution in [3.8, 4) is 17.1 Å². The summed E-state index contributed by atoms with van der Waals surface area (Å²) in [6, 6.07) is 13.1. The average molecular weight is 480 g/mol. The van der Waals surface area contributed by atoms with Crippen molar-refractivity contribution in [2.24, 2.45) is 11.0 Å². The summed E-state index contributed by atoms with van der Waals surface area (Å²) < 4.78 is 2.08. The van der Waals surface area contributed by atoms with E-state index in [0.717, 1.165) is 39.9 Å². The van der Waals surface area contributed by atoms with Crippen LogP contribution in [0.15, 0.2) is 47.6 Å². The second kappa shape index (κ2) is 8.83. The Hall–Kier alpha value is -1.66. The van der Waals surface area contributed by atoms with Gasteiger partial charge >= 0.3 is 0 Å². The number of benzene rings is 2. The molecule has 0 fully saturated rings. The summed E-state index contributed by atoms with van der Waals surface area (Å²) in [6.07, 6.45) is 1.08. The van der Waals surface area contributed by atoms with E-state index in [4.69, 9.17) is 39.8 Å². The summed E-state index contributed by atoms with van der Waals surface area (Å²) in [5, 5.41) is 7.53. The highest BCUT2D eigenvalue weighted by Crippen LogP contribution is 2.36. The fourth-order valence-electron chi connectivity index (χ4n) is 3.32. The van der Waals surface area contributed by atoms with Crippen molar-refractivity contribution in [3.05, 3.63) is 68.9 Å². The van der Waals surface area contributed by atoms with Crippen molar-refractivity contribution < 1.29 is 0 Å². The summed E-state index contributed by atoms with van der Waals surface area (Å²) in [7, 11) is 0. The Labute approximate surface area is 195 Å². The lowest BCUT2D eigenvalue weighted by atomic mass is 10.1. The molecule has 4 rings (SSSR count). The number of thioether (sulfide) groups is 1. The molecular weight excluding hydrogens is 459 g/mol. The number of halogens is 3. The van der Waals surface area contributed by atoms with Gasteiger partial charge in [0.2, 0.25) is 0 Å². The Kier molecular flexibility index (Phi) is 6.35. The first kappa shape index (κ1) is 21.6. The zero-order valence-corrected chi connectivity index (χ0v) is 19.9. The zero-order chi connectivity index (χ0) is 21.4. The van der Waals surface area contributed by atoms with Crippen LogP contribution < -0.4 is 5.43 Å². The summed E-state index contributed by atoms with van der Waals surface area (Å²) in [5.74, 6) is 1.24. The van der Waals surface area contributed by atoms with Gasteiger partial charge < -0.3 is 0 Å². The Balaban J connectivity index is 1.85. The lowest BCUT2D eigenvalue weighted by Crippen LogP contribution is -2.23. The van der Waals surface area contributed by atoms with Crippen LogP contribution in [0, 0.1) is 12.8 Å². The van der Waals surface area contributed by atoms with Gasteiger partial charge in [0, 0.05) is 21.3 Å². The largest absolute Gasteiger partial charge is 0.296 e. The van der Waals surface area contributed by atoms with Gasteiger partial charge in [0.1, 0.15) is 16.6 Å². The number of rotatable bonds is 5. The van der Waals surface area contributed by atoms with Gasteiger partial charge in [-0.25, -0.2) is 4.98 Å². The number of aromatic nitrogens is 2. The van der Waals surface area contributed by atoms with E-state index in [1.807, 2.05) is 43.3 Å². The number of hydrazone groups is 1. The monoisotopic (exact) mass is 478 g/mol. The number of imidazole rings is 1. The molecule has 3 aromatic rings. The van der Waals surface area contributed by atoms with Gasteiger partial charge in [-0.15, -0.1) is 0 Å². The van der Waals surface area contributed by atoms with E-state index in [-0.39, 0.29) is 5.37 Å². The van der Waals surface area contributed by atoms with Crippen LogP contribution >= 0.6 is 46.6 Å². The van der Waals surface area contributed by atoms with Gasteiger partial charge in [-0.2, -0.15) is 5.10 Å². The highest BCUT2D eigenvalue weighted by Gasteiger charge is 2.29. The molecule has 156 valence electrons. The summed E-state index contributed by atoms with van der Waals surface area (Å²) in [5.41, 5.74) is 6.84. The predicted molar refractivity (Wildman–Crippen MR) is 129 cm³/mol. The van der Waals surface area contributed by atoms with E-state index < -0.39 is 0 Å². The summed E-state index contributed by atoms with van der Waals surface area (Å²) in [4.78, 5) is 4.98. The molecule has 2 aromatic carbocycles. The molecule has 0 saturated carbocycles. The van der Waals surface area contributed by atoms with Crippen molar-refractivity contribution in [2.75, 3.05) is 0 Å². The van der Waals surface area contributed by atoms with Crippen LogP contribution in [0.5, 0.6) is 0 Å². The smallest absolute Gasteiger partial charge is 0.147 e. The second-order valence-corrected chi connectivity index (χ2v) is 9.69. The topological polar surface area (TPSA) is 42.2 Å². The van der Waals surface area contributed by atoms with E-state index in [0.29, 0.717) is 21.0 Å². The van der Waals surface area contributed by atoms with Crippen LogP contribution in [0.1, 0.15) is 31.7 Å². The number of hydrogen-bond acceptors (Lipinski definition) is 4. The van der Waals surface area contributed by atoms with Crippen molar-refractivity contribution in [1.82, 2.24) is 15.0 Å². The molecule has 1 aliphatic rings. The van der Waals surface area contributed by atoms with Gasteiger partial charge in [-0.3, -0.25) is 9.99 Å². The standard InChI is InChI=1S/C22H21Cl3N4S/c1-4-12(2)21-27-28-22(30-21)19-13(3)29(16-8-5-14(23)6-9-16)20(26-19)17-10-7-15(24)11-18(17)25/h5-12,21,27H,4H2,1-3H3. The minimum Gasteiger partial charge on any atom is -0.296 e. The number of hydrogen-bond donors (Lipinski definition) is 1. The molecular formula is C22H21Cl3N4S. The van der Waals surface area contributed by atoms with Crippen molar-refractivity contribution in [1.29, 1.82) is 0 Å². The molecule has 30 heavy (non-hydrogen) atoms. The minimum absolute atomic E-state index is 0.243. The van der Waals surface area contributed by atoms with E-state index in [1.165, 1.54) is 0 Å². The Morgan fingerprint density at radius 1 is 1.10 bits per heavy atom. The van der Waals surface area contributed by atoms with Gasteiger partial charge in [0.25, 0.3) is 0 Å². The Bertz CT molecular complexity index is 1110. The van der Waals surface area contributed by atoms with Gasteiger partial charge in [0.15, 0.2) is 0 Å². The fourth-order valence-corrected chi connectivity index (χ4v) is 5.12. The van der Waals surface area contributed by atoms with Crippen molar-refractivity contribution >= 4 is 51.6 Å². The minimum atomic E-state index is 0.243. The molecule has 1 N–H and O–H groups in total. The van der Waals surface area contributed by atoms with Crippen molar-refractivity contribution in [2.45, 2.75) is 32.6 Å². The summed E-state index contributed by atoms with van der Waals surface area (Å²) in [6.45, 7) is 6.46. The average Bonchev–Trinajstić information content (AvgIpc) is 3.33. The molecule has 0 aliphatic carbocycles. The third kappa shape index (κ3) is 4.09. The second-order valence-electron chi connectivity index (χ2n) is 7.28. The van der Waals surface area contributed by atoms with Crippen molar-refractivity contribution in [3.63, 3.8) is 0 Å². The molecule has 8 heteroatoms. The third-order valence-corrected chi connectivity index (χ3v) is 7.39. The van der Waals surface area contributed by atoms with E-state index in [1.54, 1.807) is 17.8 Å². The molecule has 1 aliphatic heterocycles. The van der Waals surface area contributed by atoms with E-state index in [9.17, 15) is 0 Å². The molecule has 2 unspecified atom stereocenters. The van der Waals surface area contributed by atoms with Gasteiger partial charge in [0.05, 0.1) is 16.1 Å². The fraction of sp³-hybridized carbons (Fsp3) is 0.273. The quantitative estimate of drug-likeness (QED) is 0.421. The molecule has 0 amide bonds. The van der Waals surface area contributed by atoms with Crippen LogP contribution in [-0.4, -0.2) is 20.0 Å². The van der Waals surface area contributed by atoms with Crippen LogP contribution in [0.2, 0.25) is 15.1 Å². The molecule has 0 spiro atoms. The zero-order valence-electron chi connectivity index (χ0n) is 16.8. The molecule has 0 radical (unpaired) electrons. The molecule has 0 saturated heterocycles. The lowest BCUT2D eigenvalue weighted by Gasteiger charge is -2.15. The number of nitrogens with one attached hydrogen (secondary N) is 1. The predicted octanol–water partition coefficient (Wildman–Crippen LogP) is 7.18. The molecule has 2 heterocycles. The van der Waals surface area contributed by atoms with Crippen LogP contribution in [-0.2, 0) is 0 Å². The maximum atomic E-state index is 6.55. The third-order valence-electron chi connectivity index (χ3n) is 5.26. The first-order valence-corrected chi connectivity index (χ1v) is 11.7. The number of nitrogens with zero attached hydrogens (tertiary/aromatic N) is 3. The molecule has 0 bridgehead atoms. The first-order valence-electron chi connectivity index (χ1n) is 9.70. The maximum Gasteiger partial charge on any atom is 0.147 e. The Morgan fingerprint density at radius 2 is 1.80 bits per heavy atom. The van der Waals surface area contributed by atoms with Gasteiger partial charge in [-0.05, 0) is 55.3 Å². The van der Waals surface area contributed by atoms with Crippen LogP contribution in [0.25, 0.3) is 17.1 Å². The molecule has 1 aromatic heterocycles. The molecule has 4 nitrogen and oxygen atoms in total. The van der Waals surface area contributed by atoms with E-state index in [2.05, 4.69) is 28.9 Å². The maximum absolute atomic E-state index is 6.55.